The standard InChI is InChI=1S/C22H23ClN4O2/c23-19-10-8-16(9-11-19)13-24-22(28)18-7-4-12-27(14-18)15-20-25-21(26-29-20)17-5-2-1-3-6-17/h1-3,5-6,8-11,18H,4,7,12-15H2,(H,24,28). The highest BCUT2D eigenvalue weighted by atomic mass is 35.5. The second-order valence-electron chi connectivity index (χ2n) is 7.30. The molecule has 1 N–H and O–H groups in total. The number of amides is 1. The molecule has 3 aromatic rings. The molecule has 1 aliphatic heterocycles. The highest BCUT2D eigenvalue weighted by Crippen LogP contribution is 2.20. The lowest BCUT2D eigenvalue weighted by Gasteiger charge is -2.30. The van der Waals surface area contributed by atoms with E-state index in [1.54, 1.807) is 0 Å². The van der Waals surface area contributed by atoms with Gasteiger partial charge in [0.25, 0.3) is 0 Å². The molecule has 1 unspecified atom stereocenters. The summed E-state index contributed by atoms with van der Waals surface area (Å²) in [5.74, 6) is 1.22. The fourth-order valence-corrected chi connectivity index (χ4v) is 3.69. The highest BCUT2D eigenvalue weighted by Gasteiger charge is 2.26. The number of aromatic nitrogens is 2. The van der Waals surface area contributed by atoms with Crippen LogP contribution < -0.4 is 5.32 Å². The molecule has 0 aliphatic carbocycles. The van der Waals surface area contributed by atoms with E-state index in [4.69, 9.17) is 16.1 Å². The van der Waals surface area contributed by atoms with Crippen molar-refractivity contribution in [1.82, 2.24) is 20.4 Å². The molecule has 6 nitrogen and oxygen atoms in total. The van der Waals surface area contributed by atoms with Gasteiger partial charge in [0.15, 0.2) is 0 Å². The topological polar surface area (TPSA) is 71.3 Å². The number of piperidine rings is 1. The van der Waals surface area contributed by atoms with E-state index in [1.165, 1.54) is 0 Å². The zero-order valence-corrected chi connectivity index (χ0v) is 16.8. The van der Waals surface area contributed by atoms with Gasteiger partial charge in [-0.2, -0.15) is 4.98 Å². The van der Waals surface area contributed by atoms with Gasteiger partial charge in [-0.1, -0.05) is 59.2 Å². The van der Waals surface area contributed by atoms with Crippen LogP contribution in [0.1, 0.15) is 24.3 Å². The Kier molecular flexibility index (Phi) is 6.22. The summed E-state index contributed by atoms with van der Waals surface area (Å²) in [4.78, 5) is 19.3. The predicted molar refractivity (Wildman–Crippen MR) is 111 cm³/mol. The lowest BCUT2D eigenvalue weighted by Crippen LogP contribution is -2.42. The number of rotatable bonds is 6. The van der Waals surface area contributed by atoms with E-state index in [9.17, 15) is 4.79 Å². The van der Waals surface area contributed by atoms with E-state index >= 15 is 0 Å². The van der Waals surface area contributed by atoms with Crippen LogP contribution in [0.4, 0.5) is 0 Å². The third kappa shape index (κ3) is 5.22. The Morgan fingerprint density at radius 1 is 1.17 bits per heavy atom. The number of benzene rings is 2. The maximum Gasteiger partial charge on any atom is 0.241 e. The number of hydrogen-bond donors (Lipinski definition) is 1. The van der Waals surface area contributed by atoms with E-state index in [0.717, 1.165) is 30.5 Å². The summed E-state index contributed by atoms with van der Waals surface area (Å²) in [6.07, 6.45) is 1.86. The highest BCUT2D eigenvalue weighted by molar-refractivity contribution is 6.30. The minimum absolute atomic E-state index is 0.0347. The molecule has 2 heterocycles. The maximum atomic E-state index is 12.6. The molecule has 0 bridgehead atoms. The van der Waals surface area contributed by atoms with Crippen LogP contribution in [0.25, 0.3) is 11.4 Å². The predicted octanol–water partition coefficient (Wildman–Crippen LogP) is 3.92. The molecule has 4 rings (SSSR count). The summed E-state index contributed by atoms with van der Waals surface area (Å²) in [5.41, 5.74) is 1.97. The zero-order chi connectivity index (χ0) is 20.1. The summed E-state index contributed by atoms with van der Waals surface area (Å²) in [6.45, 7) is 2.68. The average Bonchev–Trinajstić information content (AvgIpc) is 3.22. The van der Waals surface area contributed by atoms with Crippen LogP contribution in [0.2, 0.25) is 5.02 Å². The lowest BCUT2D eigenvalue weighted by atomic mass is 9.97. The van der Waals surface area contributed by atoms with Gasteiger partial charge in [0, 0.05) is 23.7 Å². The van der Waals surface area contributed by atoms with Crippen molar-refractivity contribution in [3.8, 4) is 11.4 Å². The Labute approximate surface area is 174 Å². The van der Waals surface area contributed by atoms with E-state index in [0.29, 0.717) is 36.4 Å². The number of nitrogens with one attached hydrogen (secondary N) is 1. The lowest BCUT2D eigenvalue weighted by molar-refractivity contribution is -0.127. The molecule has 1 aromatic heterocycles. The molecule has 1 fully saturated rings. The van der Waals surface area contributed by atoms with E-state index < -0.39 is 0 Å². The van der Waals surface area contributed by atoms with E-state index in [2.05, 4.69) is 20.4 Å². The summed E-state index contributed by atoms with van der Waals surface area (Å²) in [6, 6.07) is 17.3. The van der Waals surface area contributed by atoms with Crippen molar-refractivity contribution in [2.45, 2.75) is 25.9 Å². The van der Waals surface area contributed by atoms with Gasteiger partial charge in [-0.25, -0.2) is 0 Å². The fraction of sp³-hybridized carbons (Fsp3) is 0.318. The van der Waals surface area contributed by atoms with Crippen molar-refractivity contribution in [3.05, 3.63) is 71.1 Å². The van der Waals surface area contributed by atoms with Crippen molar-refractivity contribution >= 4 is 17.5 Å². The molecule has 1 aliphatic rings. The Morgan fingerprint density at radius 2 is 1.97 bits per heavy atom. The first-order chi connectivity index (χ1) is 14.2. The number of hydrogen-bond acceptors (Lipinski definition) is 5. The quantitative estimate of drug-likeness (QED) is 0.666. The van der Waals surface area contributed by atoms with Crippen LogP contribution in [0, 0.1) is 5.92 Å². The molecule has 0 spiro atoms. The van der Waals surface area contributed by atoms with Crippen molar-refractivity contribution in [1.29, 1.82) is 0 Å². The largest absolute Gasteiger partial charge is 0.352 e. The van der Waals surface area contributed by atoms with E-state index in [1.807, 2.05) is 54.6 Å². The summed E-state index contributed by atoms with van der Waals surface area (Å²) < 4.78 is 5.42. The third-order valence-electron chi connectivity index (χ3n) is 5.12. The molecule has 0 radical (unpaired) electrons. The molecular weight excluding hydrogens is 388 g/mol. The van der Waals surface area contributed by atoms with Crippen molar-refractivity contribution in [3.63, 3.8) is 0 Å². The van der Waals surface area contributed by atoms with Crippen molar-refractivity contribution in [2.24, 2.45) is 5.92 Å². The van der Waals surface area contributed by atoms with Crippen LogP contribution in [0.15, 0.2) is 59.1 Å². The summed E-state index contributed by atoms with van der Waals surface area (Å²) >= 11 is 5.90. The molecule has 2 aromatic carbocycles. The number of halogens is 1. The molecule has 1 amide bonds. The van der Waals surface area contributed by atoms with Crippen LogP contribution in [-0.2, 0) is 17.9 Å². The second kappa shape index (κ2) is 9.20. The Hall–Kier alpha value is -2.70. The van der Waals surface area contributed by atoms with Gasteiger partial charge in [-0.15, -0.1) is 0 Å². The van der Waals surface area contributed by atoms with Crippen molar-refractivity contribution < 1.29 is 9.32 Å². The molecule has 29 heavy (non-hydrogen) atoms. The van der Waals surface area contributed by atoms with Gasteiger partial charge in [0.2, 0.25) is 17.6 Å². The van der Waals surface area contributed by atoms with Gasteiger partial charge < -0.3 is 9.84 Å². The first kappa shape index (κ1) is 19.6. The van der Waals surface area contributed by atoms with Gasteiger partial charge in [-0.3, -0.25) is 9.69 Å². The Morgan fingerprint density at radius 3 is 2.76 bits per heavy atom. The van der Waals surface area contributed by atoms with Gasteiger partial charge in [0.1, 0.15) is 0 Å². The molecule has 1 saturated heterocycles. The zero-order valence-electron chi connectivity index (χ0n) is 16.1. The summed E-state index contributed by atoms with van der Waals surface area (Å²) in [7, 11) is 0. The number of carbonyl (C=O) groups is 1. The molecular formula is C22H23ClN4O2. The van der Waals surface area contributed by atoms with Gasteiger partial charge in [-0.05, 0) is 37.1 Å². The first-order valence-electron chi connectivity index (χ1n) is 9.80. The smallest absolute Gasteiger partial charge is 0.241 e. The van der Waals surface area contributed by atoms with Crippen LogP contribution in [0.5, 0.6) is 0 Å². The van der Waals surface area contributed by atoms with Crippen molar-refractivity contribution in [2.75, 3.05) is 13.1 Å². The summed E-state index contributed by atoms with van der Waals surface area (Å²) in [5, 5.41) is 7.81. The number of likely N-dealkylation sites (tertiary alicyclic amines) is 1. The molecule has 0 saturated carbocycles. The SMILES string of the molecule is O=C(NCc1ccc(Cl)cc1)C1CCCN(Cc2nc(-c3ccccc3)no2)C1. The van der Waals surface area contributed by atoms with Crippen LogP contribution >= 0.6 is 11.6 Å². The van der Waals surface area contributed by atoms with Gasteiger partial charge >= 0.3 is 0 Å². The molecule has 1 atom stereocenters. The van der Waals surface area contributed by atoms with Crippen LogP contribution in [0.3, 0.4) is 0 Å². The Balaban J connectivity index is 1.30. The minimum Gasteiger partial charge on any atom is -0.352 e. The minimum atomic E-state index is -0.0347. The second-order valence-corrected chi connectivity index (χ2v) is 7.73. The fourth-order valence-electron chi connectivity index (χ4n) is 3.56. The number of nitrogens with zero attached hydrogens (tertiary/aromatic N) is 3. The number of carbonyl (C=O) groups excluding carboxylic acids is 1. The van der Waals surface area contributed by atoms with E-state index in [-0.39, 0.29) is 11.8 Å². The molecule has 150 valence electrons. The third-order valence-corrected chi connectivity index (χ3v) is 5.37. The normalized spacial score (nSPS) is 17.2. The van der Waals surface area contributed by atoms with Crippen LogP contribution in [-0.4, -0.2) is 34.0 Å². The maximum absolute atomic E-state index is 12.6. The molecule has 7 heteroatoms. The monoisotopic (exact) mass is 410 g/mol. The average molecular weight is 411 g/mol. The first-order valence-corrected chi connectivity index (χ1v) is 10.2. The Bertz CT molecular complexity index is 943. The van der Waals surface area contributed by atoms with Gasteiger partial charge in [0.05, 0.1) is 12.5 Å².